The maximum Gasteiger partial charge on any atom is 0.275 e. The first-order valence-electron chi connectivity index (χ1n) is 6.15. The number of nitrogens with zero attached hydrogens (tertiary/aromatic N) is 2. The summed E-state index contributed by atoms with van der Waals surface area (Å²) in [7, 11) is 0. The Morgan fingerprint density at radius 1 is 1.55 bits per heavy atom. The zero-order valence-corrected chi connectivity index (χ0v) is 10.9. The van der Waals surface area contributed by atoms with Crippen LogP contribution in [0.1, 0.15) is 25.0 Å². The van der Waals surface area contributed by atoms with Gasteiger partial charge in [0, 0.05) is 25.2 Å². The molecule has 2 unspecified atom stereocenters. The molecule has 1 amide bonds. The molecule has 0 saturated heterocycles. The molecular weight excluding hydrogens is 264 g/mol. The van der Waals surface area contributed by atoms with E-state index in [9.17, 15) is 19.8 Å². The molecule has 108 valence electrons. The SMILES string of the molecule is CC(=O)NCCC(O)C(O)c1cc2c(=O)[nH]cnn2c1. The van der Waals surface area contributed by atoms with E-state index in [0.717, 1.165) is 0 Å². The molecule has 0 saturated carbocycles. The van der Waals surface area contributed by atoms with Crippen molar-refractivity contribution in [2.24, 2.45) is 0 Å². The zero-order valence-electron chi connectivity index (χ0n) is 10.9. The van der Waals surface area contributed by atoms with Gasteiger partial charge in [-0.3, -0.25) is 9.59 Å². The number of nitrogens with one attached hydrogen (secondary N) is 2. The van der Waals surface area contributed by atoms with Crippen LogP contribution in [0.15, 0.2) is 23.4 Å². The van der Waals surface area contributed by atoms with Gasteiger partial charge in [0.1, 0.15) is 17.9 Å². The van der Waals surface area contributed by atoms with Gasteiger partial charge in [0.15, 0.2) is 0 Å². The summed E-state index contributed by atoms with van der Waals surface area (Å²) >= 11 is 0. The highest BCUT2D eigenvalue weighted by atomic mass is 16.3. The normalized spacial score (nSPS) is 14.2. The van der Waals surface area contributed by atoms with Gasteiger partial charge in [0.25, 0.3) is 5.56 Å². The monoisotopic (exact) mass is 280 g/mol. The topological polar surface area (TPSA) is 120 Å². The third-order valence-corrected chi connectivity index (χ3v) is 2.95. The molecule has 0 aliphatic heterocycles. The Morgan fingerprint density at radius 3 is 2.95 bits per heavy atom. The third kappa shape index (κ3) is 3.03. The number of fused-ring (bicyclic) bond motifs is 1. The van der Waals surface area contributed by atoms with E-state index in [0.29, 0.717) is 5.56 Å². The van der Waals surface area contributed by atoms with E-state index in [2.05, 4.69) is 15.4 Å². The molecule has 8 nitrogen and oxygen atoms in total. The van der Waals surface area contributed by atoms with Crippen molar-refractivity contribution < 1.29 is 15.0 Å². The molecule has 0 radical (unpaired) electrons. The van der Waals surface area contributed by atoms with Crippen LogP contribution < -0.4 is 10.9 Å². The molecule has 2 rings (SSSR count). The molecule has 2 aromatic heterocycles. The fraction of sp³-hybridized carbons (Fsp3) is 0.417. The maximum absolute atomic E-state index is 11.5. The Labute approximate surface area is 114 Å². The number of carbonyl (C=O) groups is 1. The third-order valence-electron chi connectivity index (χ3n) is 2.95. The summed E-state index contributed by atoms with van der Waals surface area (Å²) in [6.07, 6.45) is 0.745. The second-order valence-corrected chi connectivity index (χ2v) is 4.51. The number of hydrogen-bond donors (Lipinski definition) is 4. The maximum atomic E-state index is 11.5. The molecule has 2 atom stereocenters. The highest BCUT2D eigenvalue weighted by Crippen LogP contribution is 2.20. The van der Waals surface area contributed by atoms with E-state index < -0.39 is 12.2 Å². The lowest BCUT2D eigenvalue weighted by molar-refractivity contribution is -0.119. The van der Waals surface area contributed by atoms with Gasteiger partial charge in [-0.1, -0.05) is 0 Å². The van der Waals surface area contributed by atoms with Gasteiger partial charge in [-0.15, -0.1) is 0 Å². The smallest absolute Gasteiger partial charge is 0.275 e. The highest BCUT2D eigenvalue weighted by molar-refractivity contribution is 5.72. The van der Waals surface area contributed by atoms with E-state index in [1.54, 1.807) is 0 Å². The second kappa shape index (κ2) is 5.85. The van der Waals surface area contributed by atoms with Crippen molar-refractivity contribution in [2.75, 3.05) is 6.54 Å². The number of rotatable bonds is 5. The summed E-state index contributed by atoms with van der Waals surface area (Å²) in [5, 5.41) is 26.3. The largest absolute Gasteiger partial charge is 0.390 e. The Kier molecular flexibility index (Phi) is 4.16. The molecule has 0 bridgehead atoms. The average molecular weight is 280 g/mol. The Morgan fingerprint density at radius 2 is 2.30 bits per heavy atom. The van der Waals surface area contributed by atoms with Crippen LogP contribution in [-0.4, -0.2) is 43.4 Å². The van der Waals surface area contributed by atoms with Gasteiger partial charge in [-0.25, -0.2) is 4.52 Å². The number of aliphatic hydroxyl groups excluding tert-OH is 2. The van der Waals surface area contributed by atoms with E-state index in [1.807, 2.05) is 0 Å². The molecule has 2 heterocycles. The number of hydrogen-bond acceptors (Lipinski definition) is 5. The van der Waals surface area contributed by atoms with E-state index in [4.69, 9.17) is 0 Å². The lowest BCUT2D eigenvalue weighted by Crippen LogP contribution is -2.27. The van der Waals surface area contributed by atoms with Gasteiger partial charge in [-0.05, 0) is 12.5 Å². The average Bonchev–Trinajstić information content (AvgIpc) is 2.82. The predicted octanol–water partition coefficient (Wildman–Crippen LogP) is -1.06. The van der Waals surface area contributed by atoms with Crippen LogP contribution in [0.5, 0.6) is 0 Å². The van der Waals surface area contributed by atoms with Crippen LogP contribution in [0.4, 0.5) is 0 Å². The van der Waals surface area contributed by atoms with Crippen molar-refractivity contribution in [3.05, 3.63) is 34.5 Å². The number of H-pyrrole nitrogens is 1. The molecule has 20 heavy (non-hydrogen) atoms. The Balaban J connectivity index is 2.10. The van der Waals surface area contributed by atoms with Gasteiger partial charge in [-0.2, -0.15) is 5.10 Å². The molecule has 0 aliphatic rings. The summed E-state index contributed by atoms with van der Waals surface area (Å²) in [4.78, 5) is 24.7. The van der Waals surface area contributed by atoms with Crippen LogP contribution in [-0.2, 0) is 4.79 Å². The van der Waals surface area contributed by atoms with Crippen molar-refractivity contribution >= 4 is 11.4 Å². The van der Waals surface area contributed by atoms with Crippen molar-refractivity contribution in [1.82, 2.24) is 19.9 Å². The number of aromatic nitrogens is 3. The van der Waals surface area contributed by atoms with E-state index in [1.165, 1.54) is 30.0 Å². The lowest BCUT2D eigenvalue weighted by atomic mass is 10.1. The molecule has 0 fully saturated rings. The van der Waals surface area contributed by atoms with Gasteiger partial charge in [0.05, 0.1) is 6.10 Å². The Hall–Kier alpha value is -2.19. The number of amides is 1. The van der Waals surface area contributed by atoms with E-state index in [-0.39, 0.29) is 29.9 Å². The molecule has 0 aromatic carbocycles. The van der Waals surface area contributed by atoms with Crippen molar-refractivity contribution in [2.45, 2.75) is 25.6 Å². The van der Waals surface area contributed by atoms with Crippen LogP contribution in [0, 0.1) is 0 Å². The first-order valence-corrected chi connectivity index (χ1v) is 6.15. The standard InChI is InChI=1S/C12H16N4O4/c1-7(17)13-3-2-10(18)11(19)8-4-9-12(20)14-6-15-16(9)5-8/h4-6,10-11,18-19H,2-3H2,1H3,(H,13,17)(H,14,15,20). The van der Waals surface area contributed by atoms with Crippen LogP contribution in [0.25, 0.3) is 5.52 Å². The molecular formula is C12H16N4O4. The summed E-state index contributed by atoms with van der Waals surface area (Å²) in [5.74, 6) is -0.197. The van der Waals surface area contributed by atoms with Crippen molar-refractivity contribution in [3.8, 4) is 0 Å². The zero-order chi connectivity index (χ0) is 14.7. The summed E-state index contributed by atoms with van der Waals surface area (Å²) in [6, 6.07) is 1.47. The fourth-order valence-corrected chi connectivity index (χ4v) is 1.90. The summed E-state index contributed by atoms with van der Waals surface area (Å²) in [6.45, 7) is 1.64. The van der Waals surface area contributed by atoms with Gasteiger partial charge < -0.3 is 20.5 Å². The molecule has 0 aliphatic carbocycles. The van der Waals surface area contributed by atoms with Crippen molar-refractivity contribution in [1.29, 1.82) is 0 Å². The Bertz CT molecular complexity index is 663. The minimum absolute atomic E-state index is 0.197. The molecule has 2 aromatic rings. The lowest BCUT2D eigenvalue weighted by Gasteiger charge is -2.16. The van der Waals surface area contributed by atoms with Crippen molar-refractivity contribution in [3.63, 3.8) is 0 Å². The fourth-order valence-electron chi connectivity index (χ4n) is 1.90. The second-order valence-electron chi connectivity index (χ2n) is 4.51. The minimum atomic E-state index is -1.15. The number of aromatic amines is 1. The first kappa shape index (κ1) is 14.2. The first-order chi connectivity index (χ1) is 9.49. The van der Waals surface area contributed by atoms with Crippen LogP contribution in [0.3, 0.4) is 0 Å². The minimum Gasteiger partial charge on any atom is -0.390 e. The number of aliphatic hydroxyl groups is 2. The molecule has 4 N–H and O–H groups in total. The van der Waals surface area contributed by atoms with E-state index >= 15 is 0 Å². The van der Waals surface area contributed by atoms with Gasteiger partial charge in [0.2, 0.25) is 5.91 Å². The van der Waals surface area contributed by atoms with Crippen LogP contribution >= 0.6 is 0 Å². The molecule has 0 spiro atoms. The molecule has 8 heteroatoms. The highest BCUT2D eigenvalue weighted by Gasteiger charge is 2.20. The van der Waals surface area contributed by atoms with Crippen LogP contribution in [0.2, 0.25) is 0 Å². The predicted molar refractivity (Wildman–Crippen MR) is 70.1 cm³/mol. The van der Waals surface area contributed by atoms with Gasteiger partial charge >= 0.3 is 0 Å². The summed E-state index contributed by atoms with van der Waals surface area (Å²) in [5.41, 5.74) is 0.353. The quantitative estimate of drug-likeness (QED) is 0.556. The number of carbonyl (C=O) groups excluding carboxylic acids is 1. The summed E-state index contributed by atoms with van der Waals surface area (Å²) < 4.78 is 1.33.